The molecule has 1 fully saturated rings. The van der Waals surface area contributed by atoms with Gasteiger partial charge in [-0.15, -0.1) is 0 Å². The molecular weight excluding hydrogens is 421 g/mol. The molecule has 0 aliphatic carbocycles. The van der Waals surface area contributed by atoms with Crippen molar-refractivity contribution in [2.24, 2.45) is 5.41 Å². The molecule has 174 valence electrons. The molecule has 0 bridgehead atoms. The molecule has 0 saturated carbocycles. The summed E-state index contributed by atoms with van der Waals surface area (Å²) in [6.45, 7) is 8.64. The van der Waals surface area contributed by atoms with Gasteiger partial charge in [0.05, 0.1) is 26.4 Å². The number of ether oxygens (including phenoxy) is 1. The highest BCUT2D eigenvalue weighted by atomic mass is 31.2. The molecule has 6 heteroatoms. The fourth-order valence-electron chi connectivity index (χ4n) is 3.57. The number of benzene rings is 2. The quantitative estimate of drug-likeness (QED) is 0.216. The Bertz CT molecular complexity index is 871. The van der Waals surface area contributed by atoms with Crippen molar-refractivity contribution in [3.8, 4) is 0 Å². The van der Waals surface area contributed by atoms with Crippen LogP contribution in [-0.2, 0) is 31.5 Å². The van der Waals surface area contributed by atoms with Gasteiger partial charge in [0.1, 0.15) is 0 Å². The highest BCUT2D eigenvalue weighted by Crippen LogP contribution is 2.58. The summed E-state index contributed by atoms with van der Waals surface area (Å²) in [5, 5.41) is 0. The molecule has 0 aromatic heterocycles. The van der Waals surface area contributed by atoms with Crippen molar-refractivity contribution in [1.82, 2.24) is 4.67 Å². The van der Waals surface area contributed by atoms with E-state index in [2.05, 4.69) is 39.0 Å². The van der Waals surface area contributed by atoms with Gasteiger partial charge in [-0.3, -0.25) is 9.05 Å². The second-order valence-corrected chi connectivity index (χ2v) is 11.0. The van der Waals surface area contributed by atoms with Crippen LogP contribution in [0.15, 0.2) is 72.8 Å². The third-order valence-electron chi connectivity index (χ3n) is 5.39. The average Bonchev–Trinajstić information content (AvgIpc) is 2.80. The van der Waals surface area contributed by atoms with Gasteiger partial charge in [0, 0.05) is 18.0 Å². The Morgan fingerprint density at radius 2 is 1.62 bits per heavy atom. The van der Waals surface area contributed by atoms with Gasteiger partial charge in [0.2, 0.25) is 0 Å². The summed E-state index contributed by atoms with van der Waals surface area (Å²) in [5.41, 5.74) is 2.08. The van der Waals surface area contributed by atoms with Crippen LogP contribution in [-0.4, -0.2) is 30.5 Å². The lowest BCUT2D eigenvalue weighted by molar-refractivity contribution is 0.0162. The van der Waals surface area contributed by atoms with Crippen LogP contribution < -0.4 is 0 Å². The number of nitrogens with zero attached hydrogens (tertiary/aromatic N) is 1. The Morgan fingerprint density at radius 1 is 1.03 bits per heavy atom. The molecule has 1 aliphatic heterocycles. The monoisotopic (exact) mass is 457 g/mol. The van der Waals surface area contributed by atoms with Gasteiger partial charge in [0.15, 0.2) is 0 Å². The molecule has 0 N–H and O–H groups in total. The first-order valence-electron chi connectivity index (χ1n) is 11.4. The van der Waals surface area contributed by atoms with Crippen molar-refractivity contribution in [3.63, 3.8) is 0 Å². The van der Waals surface area contributed by atoms with Crippen molar-refractivity contribution in [3.05, 3.63) is 83.9 Å². The van der Waals surface area contributed by atoms with Crippen LogP contribution in [0.5, 0.6) is 0 Å². The zero-order valence-corrected chi connectivity index (χ0v) is 20.4. The van der Waals surface area contributed by atoms with Crippen LogP contribution in [0.25, 0.3) is 0 Å². The summed E-state index contributed by atoms with van der Waals surface area (Å²) in [4.78, 5) is 0. The molecule has 1 saturated heterocycles. The highest BCUT2D eigenvalue weighted by Gasteiger charge is 2.43. The second kappa shape index (κ2) is 11.9. The van der Waals surface area contributed by atoms with E-state index in [-0.39, 0.29) is 11.5 Å². The van der Waals surface area contributed by atoms with E-state index >= 15 is 0 Å². The molecule has 0 spiro atoms. The molecule has 0 amide bonds. The van der Waals surface area contributed by atoms with E-state index in [0.29, 0.717) is 33.0 Å². The van der Waals surface area contributed by atoms with E-state index < -0.39 is 7.75 Å². The zero-order valence-electron chi connectivity index (χ0n) is 19.5. The Kier molecular flexibility index (Phi) is 9.27. The maximum atomic E-state index is 13.8. The second-order valence-electron chi connectivity index (χ2n) is 9.05. The maximum absolute atomic E-state index is 13.8. The van der Waals surface area contributed by atoms with E-state index in [9.17, 15) is 4.57 Å². The van der Waals surface area contributed by atoms with E-state index in [1.807, 2.05) is 59.3 Å². The molecule has 0 radical (unpaired) electrons. The topological polar surface area (TPSA) is 48.0 Å². The van der Waals surface area contributed by atoms with Gasteiger partial charge >= 0.3 is 7.75 Å². The first-order valence-corrected chi connectivity index (χ1v) is 12.9. The van der Waals surface area contributed by atoms with E-state index in [1.54, 1.807) is 0 Å². The number of hydrogen-bond donors (Lipinski definition) is 0. The van der Waals surface area contributed by atoms with Gasteiger partial charge in [-0.1, -0.05) is 100 Å². The van der Waals surface area contributed by atoms with Crippen molar-refractivity contribution >= 4 is 7.75 Å². The van der Waals surface area contributed by atoms with E-state index in [4.69, 9.17) is 13.8 Å². The minimum absolute atomic E-state index is 0.0763. The Morgan fingerprint density at radius 3 is 2.22 bits per heavy atom. The Hall–Kier alpha value is -1.75. The van der Waals surface area contributed by atoms with Crippen molar-refractivity contribution in [1.29, 1.82) is 0 Å². The first-order chi connectivity index (χ1) is 15.4. The van der Waals surface area contributed by atoms with Crippen LogP contribution in [0.2, 0.25) is 0 Å². The highest BCUT2D eigenvalue weighted by molar-refractivity contribution is 7.51. The molecular formula is C26H36NO4P. The fourth-order valence-corrected chi connectivity index (χ4v) is 5.86. The molecule has 32 heavy (non-hydrogen) atoms. The van der Waals surface area contributed by atoms with Crippen molar-refractivity contribution < 1.29 is 18.3 Å². The molecule has 1 heterocycles. The number of rotatable bonds is 11. The van der Waals surface area contributed by atoms with Gasteiger partial charge in [-0.25, -0.2) is 4.57 Å². The summed E-state index contributed by atoms with van der Waals surface area (Å²) >= 11 is 0. The minimum atomic E-state index is -3.42. The van der Waals surface area contributed by atoms with Crippen LogP contribution in [0.3, 0.4) is 0 Å². The standard InChI is InChI=1S/C26H36NO4P/c1-4-12-25(17-11-18-29-20-24-15-9-6-10-16-24)27(19-23-13-7-5-8-14-23)32(28)30-21-26(2,3)22-31-32/h5-11,13-17,25H,4,12,18-22H2,1-3H3/b17-11+. The van der Waals surface area contributed by atoms with E-state index in [1.165, 1.54) is 0 Å². The third-order valence-corrected chi connectivity index (χ3v) is 7.37. The predicted octanol–water partition coefficient (Wildman–Crippen LogP) is 6.61. The summed E-state index contributed by atoms with van der Waals surface area (Å²) in [6.07, 6.45) is 5.91. The summed E-state index contributed by atoms with van der Waals surface area (Å²) in [6, 6.07) is 20.1. The summed E-state index contributed by atoms with van der Waals surface area (Å²) in [5.74, 6) is 0. The van der Waals surface area contributed by atoms with Gasteiger partial charge in [-0.05, 0) is 17.5 Å². The molecule has 1 atom stereocenters. The summed E-state index contributed by atoms with van der Waals surface area (Å²) in [7, 11) is -3.42. The molecule has 2 aromatic carbocycles. The van der Waals surface area contributed by atoms with Gasteiger partial charge in [0.25, 0.3) is 0 Å². The Balaban J connectivity index is 1.72. The third kappa shape index (κ3) is 7.40. The smallest absolute Gasteiger partial charge is 0.373 e. The number of hydrogen-bond acceptors (Lipinski definition) is 4. The van der Waals surface area contributed by atoms with E-state index in [0.717, 1.165) is 24.0 Å². The average molecular weight is 458 g/mol. The first kappa shape index (κ1) is 24.9. The van der Waals surface area contributed by atoms with Crippen LogP contribution in [0.1, 0.15) is 44.7 Å². The fraction of sp³-hybridized carbons (Fsp3) is 0.462. The van der Waals surface area contributed by atoms with Crippen LogP contribution in [0.4, 0.5) is 0 Å². The molecule has 1 unspecified atom stereocenters. The zero-order chi connectivity index (χ0) is 22.9. The SMILES string of the molecule is CCCC(/C=C/COCc1ccccc1)N(Cc1ccccc1)P1(=O)OCC(C)(C)CO1. The maximum Gasteiger partial charge on any atom is 0.409 e. The summed E-state index contributed by atoms with van der Waals surface area (Å²) < 4.78 is 33.4. The minimum Gasteiger partial charge on any atom is -0.373 e. The van der Waals surface area contributed by atoms with Crippen LogP contribution in [0, 0.1) is 5.41 Å². The van der Waals surface area contributed by atoms with Crippen LogP contribution >= 0.6 is 7.75 Å². The molecule has 1 aliphatic rings. The largest absolute Gasteiger partial charge is 0.409 e. The molecule has 3 rings (SSSR count). The van der Waals surface area contributed by atoms with Crippen molar-refractivity contribution in [2.75, 3.05) is 19.8 Å². The normalized spacial score (nSPS) is 18.8. The lowest BCUT2D eigenvalue weighted by atomic mass is 9.97. The molecule has 2 aromatic rings. The van der Waals surface area contributed by atoms with Gasteiger partial charge < -0.3 is 4.74 Å². The van der Waals surface area contributed by atoms with Gasteiger partial charge in [-0.2, -0.15) is 4.67 Å². The lowest BCUT2D eigenvalue weighted by Gasteiger charge is -2.41. The Labute approximate surface area is 193 Å². The molecule has 5 nitrogen and oxygen atoms in total. The van der Waals surface area contributed by atoms with Crippen molar-refractivity contribution in [2.45, 2.75) is 52.8 Å². The predicted molar refractivity (Wildman–Crippen MR) is 129 cm³/mol. The lowest BCUT2D eigenvalue weighted by Crippen LogP contribution is -2.38.